The van der Waals surface area contributed by atoms with E-state index in [-0.39, 0.29) is 0 Å². The van der Waals surface area contributed by atoms with E-state index in [1.807, 2.05) is 6.07 Å². The lowest BCUT2D eigenvalue weighted by molar-refractivity contribution is 0.173. The van der Waals surface area contributed by atoms with E-state index in [0.717, 1.165) is 49.2 Å². The summed E-state index contributed by atoms with van der Waals surface area (Å²) in [5.41, 5.74) is 1.98. The number of rotatable bonds is 4. The number of anilines is 1. The number of piperazine rings is 1. The molecule has 2 aromatic rings. The van der Waals surface area contributed by atoms with E-state index in [1.54, 1.807) is 19.3 Å². The van der Waals surface area contributed by atoms with Crippen LogP contribution >= 0.6 is 0 Å². The molecule has 2 atom stereocenters. The third-order valence-corrected chi connectivity index (χ3v) is 5.16. The molecule has 1 aromatic carbocycles. The van der Waals surface area contributed by atoms with Crippen LogP contribution in [0.4, 0.5) is 5.95 Å². The fourth-order valence-electron chi connectivity index (χ4n) is 3.40. The SMILES string of the molecule is CC(O)c1cnc(N2CCN([C@@H](C)c3ccc4c(c3)OCO4)CC2)nc1. The van der Waals surface area contributed by atoms with Crippen LogP contribution in [0.3, 0.4) is 0 Å². The zero-order valence-electron chi connectivity index (χ0n) is 15.1. The monoisotopic (exact) mass is 356 g/mol. The fourth-order valence-corrected chi connectivity index (χ4v) is 3.40. The van der Waals surface area contributed by atoms with Gasteiger partial charge in [-0.05, 0) is 31.5 Å². The van der Waals surface area contributed by atoms with Crippen LogP contribution in [0.2, 0.25) is 0 Å². The van der Waals surface area contributed by atoms with Gasteiger partial charge in [-0.3, -0.25) is 4.90 Å². The van der Waals surface area contributed by atoms with Gasteiger partial charge in [-0.2, -0.15) is 0 Å². The number of aliphatic hydroxyl groups excluding tert-OH is 1. The molecule has 2 aliphatic rings. The van der Waals surface area contributed by atoms with Gasteiger partial charge in [0.2, 0.25) is 12.7 Å². The Morgan fingerprint density at radius 2 is 1.65 bits per heavy atom. The quantitative estimate of drug-likeness (QED) is 0.900. The van der Waals surface area contributed by atoms with Crippen LogP contribution in [0.15, 0.2) is 30.6 Å². The Bertz CT molecular complexity index is 758. The lowest BCUT2D eigenvalue weighted by Crippen LogP contribution is -2.47. The molecule has 1 unspecified atom stereocenters. The van der Waals surface area contributed by atoms with Crippen LogP contribution in [-0.2, 0) is 0 Å². The molecule has 1 N–H and O–H groups in total. The Morgan fingerprint density at radius 3 is 2.35 bits per heavy atom. The zero-order valence-corrected chi connectivity index (χ0v) is 15.1. The molecular weight excluding hydrogens is 332 g/mol. The number of benzene rings is 1. The number of nitrogens with zero attached hydrogens (tertiary/aromatic N) is 4. The first-order valence-electron chi connectivity index (χ1n) is 9.00. The van der Waals surface area contributed by atoms with Crippen molar-refractivity contribution < 1.29 is 14.6 Å². The van der Waals surface area contributed by atoms with E-state index in [0.29, 0.717) is 12.8 Å². The van der Waals surface area contributed by atoms with Crippen molar-refractivity contribution in [2.24, 2.45) is 0 Å². The lowest BCUT2D eigenvalue weighted by atomic mass is 10.1. The van der Waals surface area contributed by atoms with Crippen molar-refractivity contribution in [2.75, 3.05) is 37.9 Å². The average Bonchev–Trinajstić information content (AvgIpc) is 3.15. The van der Waals surface area contributed by atoms with E-state index in [2.05, 4.69) is 38.8 Å². The topological polar surface area (TPSA) is 71.0 Å². The molecule has 0 saturated carbocycles. The van der Waals surface area contributed by atoms with E-state index in [9.17, 15) is 5.11 Å². The number of aromatic nitrogens is 2. The van der Waals surface area contributed by atoms with Crippen LogP contribution in [0.5, 0.6) is 11.5 Å². The van der Waals surface area contributed by atoms with Crippen molar-refractivity contribution in [3.63, 3.8) is 0 Å². The number of ether oxygens (including phenoxy) is 2. The first kappa shape index (κ1) is 17.1. The molecule has 0 amide bonds. The van der Waals surface area contributed by atoms with Crippen LogP contribution < -0.4 is 14.4 Å². The highest BCUT2D eigenvalue weighted by atomic mass is 16.7. The summed E-state index contributed by atoms with van der Waals surface area (Å²) in [4.78, 5) is 13.4. The lowest BCUT2D eigenvalue weighted by Gasteiger charge is -2.38. The Morgan fingerprint density at radius 1 is 0.962 bits per heavy atom. The molecule has 0 radical (unpaired) electrons. The summed E-state index contributed by atoms with van der Waals surface area (Å²) in [7, 11) is 0. The first-order valence-corrected chi connectivity index (χ1v) is 9.00. The summed E-state index contributed by atoms with van der Waals surface area (Å²) in [6.45, 7) is 7.88. The molecule has 138 valence electrons. The van der Waals surface area contributed by atoms with Gasteiger partial charge in [-0.15, -0.1) is 0 Å². The molecule has 0 spiro atoms. The molecule has 3 heterocycles. The largest absolute Gasteiger partial charge is 0.454 e. The summed E-state index contributed by atoms with van der Waals surface area (Å²) in [5.74, 6) is 2.38. The van der Waals surface area contributed by atoms with Crippen LogP contribution in [0, 0.1) is 0 Å². The molecular formula is C19H24N4O3. The van der Waals surface area contributed by atoms with Crippen molar-refractivity contribution in [3.05, 3.63) is 41.7 Å². The Labute approximate surface area is 153 Å². The maximum absolute atomic E-state index is 9.57. The minimum absolute atomic E-state index is 0.305. The van der Waals surface area contributed by atoms with E-state index in [4.69, 9.17) is 9.47 Å². The fraction of sp³-hybridized carbons (Fsp3) is 0.474. The summed E-state index contributed by atoms with van der Waals surface area (Å²) in [6.07, 6.45) is 2.87. The third kappa shape index (κ3) is 3.32. The minimum Gasteiger partial charge on any atom is -0.454 e. The number of fused-ring (bicyclic) bond motifs is 1. The summed E-state index contributed by atoms with van der Waals surface area (Å²) < 4.78 is 10.9. The molecule has 2 aliphatic heterocycles. The van der Waals surface area contributed by atoms with Crippen molar-refractivity contribution in [1.82, 2.24) is 14.9 Å². The van der Waals surface area contributed by atoms with E-state index < -0.39 is 6.10 Å². The summed E-state index contributed by atoms with van der Waals surface area (Å²) >= 11 is 0. The van der Waals surface area contributed by atoms with E-state index >= 15 is 0 Å². The van der Waals surface area contributed by atoms with Gasteiger partial charge in [0.1, 0.15) is 0 Å². The maximum Gasteiger partial charge on any atom is 0.231 e. The second kappa shape index (κ2) is 7.09. The second-order valence-electron chi connectivity index (χ2n) is 6.80. The maximum atomic E-state index is 9.57. The predicted octanol–water partition coefficient (Wildman–Crippen LogP) is 2.14. The van der Waals surface area contributed by atoms with Gasteiger partial charge in [0.25, 0.3) is 0 Å². The molecule has 1 saturated heterocycles. The van der Waals surface area contributed by atoms with Crippen LogP contribution in [-0.4, -0.2) is 52.9 Å². The predicted molar refractivity (Wildman–Crippen MR) is 97.4 cm³/mol. The van der Waals surface area contributed by atoms with Gasteiger partial charge < -0.3 is 19.5 Å². The smallest absolute Gasteiger partial charge is 0.231 e. The van der Waals surface area contributed by atoms with Gasteiger partial charge in [0, 0.05) is 50.2 Å². The highest BCUT2D eigenvalue weighted by molar-refractivity contribution is 5.45. The van der Waals surface area contributed by atoms with Crippen molar-refractivity contribution >= 4 is 5.95 Å². The Hall–Kier alpha value is -2.38. The molecule has 1 fully saturated rings. The highest BCUT2D eigenvalue weighted by Crippen LogP contribution is 2.35. The number of hydrogen-bond acceptors (Lipinski definition) is 7. The average molecular weight is 356 g/mol. The third-order valence-electron chi connectivity index (χ3n) is 5.16. The summed E-state index contributed by atoms with van der Waals surface area (Å²) in [6, 6.07) is 6.49. The van der Waals surface area contributed by atoms with Crippen molar-refractivity contribution in [1.29, 1.82) is 0 Å². The van der Waals surface area contributed by atoms with Crippen molar-refractivity contribution in [3.8, 4) is 11.5 Å². The van der Waals surface area contributed by atoms with Gasteiger partial charge in [0.15, 0.2) is 11.5 Å². The molecule has 26 heavy (non-hydrogen) atoms. The summed E-state index contributed by atoms with van der Waals surface area (Å²) in [5, 5.41) is 9.57. The number of hydrogen-bond donors (Lipinski definition) is 1. The Balaban J connectivity index is 1.38. The van der Waals surface area contributed by atoms with E-state index in [1.165, 1.54) is 5.56 Å². The van der Waals surface area contributed by atoms with Gasteiger partial charge >= 0.3 is 0 Å². The molecule has 7 heteroatoms. The van der Waals surface area contributed by atoms with Gasteiger partial charge in [-0.1, -0.05) is 6.07 Å². The minimum atomic E-state index is -0.538. The van der Waals surface area contributed by atoms with Gasteiger partial charge in [-0.25, -0.2) is 9.97 Å². The first-order chi connectivity index (χ1) is 12.6. The normalized spacial score (nSPS) is 19.4. The Kier molecular flexibility index (Phi) is 4.65. The zero-order chi connectivity index (χ0) is 18.1. The van der Waals surface area contributed by atoms with Crippen LogP contribution in [0.1, 0.15) is 37.1 Å². The molecule has 0 bridgehead atoms. The standard InChI is InChI=1S/C19H24N4O3/c1-13(15-3-4-17-18(9-15)26-12-25-17)22-5-7-23(8-6-22)19-20-10-16(11-21-19)14(2)24/h3-4,9-11,13-14,24H,5-8,12H2,1-2H3/t13-,14?/m0/s1. The highest BCUT2D eigenvalue weighted by Gasteiger charge is 2.25. The molecule has 7 nitrogen and oxygen atoms in total. The molecule has 0 aliphatic carbocycles. The number of aliphatic hydroxyl groups is 1. The molecule has 4 rings (SSSR count). The second-order valence-corrected chi connectivity index (χ2v) is 6.80. The molecule has 1 aromatic heterocycles. The van der Waals surface area contributed by atoms with Crippen molar-refractivity contribution in [2.45, 2.75) is 26.0 Å². The van der Waals surface area contributed by atoms with Gasteiger partial charge in [0.05, 0.1) is 6.10 Å². The van der Waals surface area contributed by atoms with Crippen LogP contribution in [0.25, 0.3) is 0 Å².